The molecule has 0 saturated heterocycles. The minimum Gasteiger partial charge on any atom is -0.384 e. The molecule has 2 N–H and O–H groups in total. The number of aliphatic hydroxyl groups is 1. The highest BCUT2D eigenvalue weighted by molar-refractivity contribution is 5.96. The second-order valence-corrected chi connectivity index (χ2v) is 5.08. The first-order chi connectivity index (χ1) is 9.41. The maximum absolute atomic E-state index is 12.2. The van der Waals surface area contributed by atoms with Gasteiger partial charge in [0.25, 0.3) is 5.91 Å². The van der Waals surface area contributed by atoms with E-state index in [1.807, 2.05) is 26.8 Å². The van der Waals surface area contributed by atoms with E-state index in [9.17, 15) is 4.79 Å². The summed E-state index contributed by atoms with van der Waals surface area (Å²) in [4.78, 5) is 12.2. The molecule has 20 heavy (non-hydrogen) atoms. The van der Waals surface area contributed by atoms with Gasteiger partial charge in [0.2, 0.25) is 0 Å². The maximum atomic E-state index is 12.2. The van der Waals surface area contributed by atoms with Crippen LogP contribution < -0.4 is 5.32 Å². The topological polar surface area (TPSA) is 58.6 Å². The molecule has 1 rings (SSSR count). The van der Waals surface area contributed by atoms with Crippen LogP contribution in [0.2, 0.25) is 0 Å². The quantitative estimate of drug-likeness (QED) is 0.819. The maximum Gasteiger partial charge on any atom is 0.251 e. The van der Waals surface area contributed by atoms with E-state index in [-0.39, 0.29) is 12.5 Å². The molecule has 0 aliphatic rings. The lowest BCUT2D eigenvalue weighted by Gasteiger charge is -2.23. The van der Waals surface area contributed by atoms with Crippen LogP contribution >= 0.6 is 0 Å². The number of benzene rings is 1. The van der Waals surface area contributed by atoms with Crippen molar-refractivity contribution < 1.29 is 14.6 Å². The molecule has 4 heteroatoms. The summed E-state index contributed by atoms with van der Waals surface area (Å²) >= 11 is 0. The van der Waals surface area contributed by atoms with Crippen molar-refractivity contribution in [3.8, 4) is 11.8 Å². The van der Waals surface area contributed by atoms with Gasteiger partial charge in [0, 0.05) is 24.8 Å². The van der Waals surface area contributed by atoms with Crippen LogP contribution in [0.3, 0.4) is 0 Å². The highest BCUT2D eigenvalue weighted by Crippen LogP contribution is 2.13. The van der Waals surface area contributed by atoms with Gasteiger partial charge in [-0.2, -0.15) is 0 Å². The van der Waals surface area contributed by atoms with Gasteiger partial charge < -0.3 is 15.2 Å². The fourth-order valence-corrected chi connectivity index (χ4v) is 1.61. The van der Waals surface area contributed by atoms with Gasteiger partial charge in [-0.25, -0.2) is 0 Å². The van der Waals surface area contributed by atoms with Crippen LogP contribution in [0.5, 0.6) is 0 Å². The standard InChI is InChI=1S/C16H21NO3/c1-12-13(8-6-10-18)7-5-9-14(12)15(19)17-11-16(2,3)20-4/h5,7,9,18H,10-11H2,1-4H3,(H,17,19). The SMILES string of the molecule is COC(C)(C)CNC(=O)c1cccc(C#CCO)c1C. The molecular weight excluding hydrogens is 254 g/mol. The molecule has 0 aliphatic heterocycles. The van der Waals surface area contributed by atoms with E-state index < -0.39 is 5.60 Å². The minimum atomic E-state index is -0.405. The Kier molecular flexibility index (Phi) is 5.75. The zero-order valence-corrected chi connectivity index (χ0v) is 12.4. The van der Waals surface area contributed by atoms with E-state index in [1.165, 1.54) is 0 Å². The Bertz CT molecular complexity index is 538. The van der Waals surface area contributed by atoms with Crippen molar-refractivity contribution in [2.75, 3.05) is 20.3 Å². The molecule has 0 aliphatic carbocycles. The third-order valence-corrected chi connectivity index (χ3v) is 3.11. The van der Waals surface area contributed by atoms with Crippen molar-refractivity contribution >= 4 is 5.91 Å². The molecule has 0 atom stereocenters. The van der Waals surface area contributed by atoms with Crippen molar-refractivity contribution in [3.63, 3.8) is 0 Å². The summed E-state index contributed by atoms with van der Waals surface area (Å²) in [6, 6.07) is 5.37. The van der Waals surface area contributed by atoms with Crippen LogP contribution in [-0.4, -0.2) is 36.9 Å². The summed E-state index contributed by atoms with van der Waals surface area (Å²) < 4.78 is 5.27. The van der Waals surface area contributed by atoms with Crippen molar-refractivity contribution in [2.24, 2.45) is 0 Å². The minimum absolute atomic E-state index is 0.153. The summed E-state index contributed by atoms with van der Waals surface area (Å²) in [5.41, 5.74) is 1.73. The molecule has 1 aromatic rings. The number of hydrogen-bond donors (Lipinski definition) is 2. The van der Waals surface area contributed by atoms with Gasteiger partial charge in [-0.3, -0.25) is 4.79 Å². The third-order valence-electron chi connectivity index (χ3n) is 3.11. The van der Waals surface area contributed by atoms with E-state index in [2.05, 4.69) is 17.2 Å². The number of carbonyl (C=O) groups excluding carboxylic acids is 1. The molecule has 0 unspecified atom stereocenters. The monoisotopic (exact) mass is 275 g/mol. The van der Waals surface area contributed by atoms with Crippen LogP contribution in [0.25, 0.3) is 0 Å². The summed E-state index contributed by atoms with van der Waals surface area (Å²) in [6.45, 7) is 5.89. The largest absolute Gasteiger partial charge is 0.384 e. The van der Waals surface area contributed by atoms with Gasteiger partial charge in [-0.05, 0) is 38.5 Å². The second kappa shape index (κ2) is 7.09. The zero-order valence-electron chi connectivity index (χ0n) is 12.4. The number of rotatable bonds is 4. The Morgan fingerprint density at radius 1 is 1.45 bits per heavy atom. The highest BCUT2D eigenvalue weighted by atomic mass is 16.5. The third kappa shape index (κ3) is 4.37. The molecule has 0 aromatic heterocycles. The molecule has 0 heterocycles. The van der Waals surface area contributed by atoms with Crippen LogP contribution in [-0.2, 0) is 4.74 Å². The average molecular weight is 275 g/mol. The Hall–Kier alpha value is -1.83. The van der Waals surface area contributed by atoms with Crippen molar-refractivity contribution in [2.45, 2.75) is 26.4 Å². The lowest BCUT2D eigenvalue weighted by Crippen LogP contribution is -2.39. The molecule has 4 nitrogen and oxygen atoms in total. The Morgan fingerprint density at radius 3 is 2.75 bits per heavy atom. The van der Waals surface area contributed by atoms with Gasteiger partial charge in [0.05, 0.1) is 5.60 Å². The van der Waals surface area contributed by atoms with Crippen molar-refractivity contribution in [1.82, 2.24) is 5.32 Å². The molecule has 0 saturated carbocycles. The summed E-state index contributed by atoms with van der Waals surface area (Å²) in [5, 5.41) is 11.6. The number of ether oxygens (including phenoxy) is 1. The first kappa shape index (κ1) is 16.2. The van der Waals surface area contributed by atoms with E-state index in [0.717, 1.165) is 11.1 Å². The normalized spacial score (nSPS) is 10.7. The molecular formula is C16H21NO3. The number of carbonyl (C=O) groups is 1. The van der Waals surface area contributed by atoms with Gasteiger partial charge in [-0.1, -0.05) is 17.9 Å². The molecule has 0 fully saturated rings. The lowest BCUT2D eigenvalue weighted by molar-refractivity contribution is 0.0228. The Labute approximate surface area is 120 Å². The fraction of sp³-hybridized carbons (Fsp3) is 0.438. The molecule has 0 bridgehead atoms. The average Bonchev–Trinajstić information content (AvgIpc) is 2.44. The predicted octanol–water partition coefficient (Wildman–Crippen LogP) is 1.49. The van der Waals surface area contributed by atoms with Crippen molar-refractivity contribution in [1.29, 1.82) is 0 Å². The van der Waals surface area contributed by atoms with Gasteiger partial charge in [0.1, 0.15) is 6.61 Å². The number of methoxy groups -OCH3 is 1. The Balaban J connectivity index is 2.89. The summed E-state index contributed by atoms with van der Waals surface area (Å²) in [7, 11) is 1.61. The molecule has 1 aromatic carbocycles. The molecule has 0 spiro atoms. The van der Waals surface area contributed by atoms with Crippen LogP contribution in [0.15, 0.2) is 18.2 Å². The smallest absolute Gasteiger partial charge is 0.251 e. The van der Waals surface area contributed by atoms with E-state index >= 15 is 0 Å². The Morgan fingerprint density at radius 2 is 2.15 bits per heavy atom. The first-order valence-electron chi connectivity index (χ1n) is 6.44. The van der Waals surface area contributed by atoms with E-state index in [1.54, 1.807) is 19.2 Å². The van der Waals surface area contributed by atoms with Gasteiger partial charge in [-0.15, -0.1) is 0 Å². The van der Waals surface area contributed by atoms with Gasteiger partial charge >= 0.3 is 0 Å². The number of nitrogens with one attached hydrogen (secondary N) is 1. The molecule has 1 amide bonds. The highest BCUT2D eigenvalue weighted by Gasteiger charge is 2.18. The second-order valence-electron chi connectivity index (χ2n) is 5.08. The van der Waals surface area contributed by atoms with Gasteiger partial charge in [0.15, 0.2) is 0 Å². The van der Waals surface area contributed by atoms with Crippen molar-refractivity contribution in [3.05, 3.63) is 34.9 Å². The summed E-state index contributed by atoms with van der Waals surface area (Å²) in [6.07, 6.45) is 0. The fourth-order valence-electron chi connectivity index (χ4n) is 1.61. The number of aliphatic hydroxyl groups excluding tert-OH is 1. The number of amides is 1. The van der Waals surface area contributed by atoms with Crippen LogP contribution in [0.1, 0.15) is 35.3 Å². The number of hydrogen-bond acceptors (Lipinski definition) is 3. The van der Waals surface area contributed by atoms with Crippen LogP contribution in [0, 0.1) is 18.8 Å². The lowest BCUT2D eigenvalue weighted by atomic mass is 10.0. The van der Waals surface area contributed by atoms with E-state index in [4.69, 9.17) is 9.84 Å². The zero-order chi connectivity index (χ0) is 15.2. The van der Waals surface area contributed by atoms with Crippen LogP contribution in [0.4, 0.5) is 0 Å². The predicted molar refractivity (Wildman–Crippen MR) is 78.6 cm³/mol. The molecule has 0 radical (unpaired) electrons. The summed E-state index contributed by atoms with van der Waals surface area (Å²) in [5.74, 6) is 5.27. The first-order valence-corrected chi connectivity index (χ1v) is 6.44. The molecule has 108 valence electrons. The van der Waals surface area contributed by atoms with E-state index in [0.29, 0.717) is 12.1 Å².